The van der Waals surface area contributed by atoms with E-state index in [-0.39, 0.29) is 23.8 Å². The first kappa shape index (κ1) is 23.1. The zero-order valence-electron chi connectivity index (χ0n) is 18.6. The van der Waals surface area contributed by atoms with Gasteiger partial charge in [0.05, 0.1) is 18.0 Å². The number of halogens is 3. The van der Waals surface area contributed by atoms with Crippen LogP contribution in [-0.2, 0) is 22.9 Å². The van der Waals surface area contributed by atoms with Crippen molar-refractivity contribution in [1.82, 2.24) is 4.90 Å². The summed E-state index contributed by atoms with van der Waals surface area (Å²) in [6, 6.07) is 7.88. The van der Waals surface area contributed by atoms with Crippen molar-refractivity contribution in [3.63, 3.8) is 0 Å². The van der Waals surface area contributed by atoms with E-state index in [0.29, 0.717) is 30.7 Å². The maximum absolute atomic E-state index is 14.7. The average molecular weight is 490 g/mol. The Morgan fingerprint density at radius 2 is 1.68 bits per heavy atom. The molecule has 0 radical (unpaired) electrons. The molecule has 34 heavy (non-hydrogen) atoms. The van der Waals surface area contributed by atoms with Gasteiger partial charge in [-0.2, -0.15) is 0 Å². The highest BCUT2D eigenvalue weighted by molar-refractivity contribution is 7.92. The molecule has 0 aromatic heterocycles. The van der Waals surface area contributed by atoms with Crippen molar-refractivity contribution in [2.24, 2.45) is 4.99 Å². The third-order valence-corrected chi connectivity index (χ3v) is 8.69. The molecule has 0 amide bonds. The summed E-state index contributed by atoms with van der Waals surface area (Å²) in [5, 5.41) is 2.87. The topological polar surface area (TPSA) is 61.8 Å². The number of sulfone groups is 1. The van der Waals surface area contributed by atoms with Crippen LogP contribution in [0.1, 0.15) is 36.8 Å². The van der Waals surface area contributed by atoms with E-state index < -0.39 is 32.1 Å². The van der Waals surface area contributed by atoms with Gasteiger partial charge in [0.2, 0.25) is 0 Å². The fraction of sp³-hybridized carbons (Fsp3) is 0.400. The summed E-state index contributed by atoms with van der Waals surface area (Å²) in [4.78, 5) is 5.44. The fourth-order valence-electron chi connectivity index (χ4n) is 5.35. The molecule has 3 heterocycles. The number of allylic oxidation sites excluding steroid dienone is 1. The Kier molecular flexibility index (Phi) is 6.24. The number of nitrogens with zero attached hydrogens (tertiary/aromatic N) is 2. The summed E-state index contributed by atoms with van der Waals surface area (Å²) in [5.41, 5.74) is 1.59. The molecule has 9 heteroatoms. The minimum atomic E-state index is -4.25. The lowest BCUT2D eigenvalue weighted by atomic mass is 10.0. The molecule has 3 aliphatic rings. The summed E-state index contributed by atoms with van der Waals surface area (Å²) in [5.74, 6) is -3.33. The third kappa shape index (κ3) is 4.51. The van der Waals surface area contributed by atoms with Gasteiger partial charge in [-0.3, -0.25) is 9.89 Å². The highest BCUT2D eigenvalue weighted by Gasteiger charge is 2.39. The summed E-state index contributed by atoms with van der Waals surface area (Å²) >= 11 is 0. The van der Waals surface area contributed by atoms with Crippen LogP contribution in [0.25, 0.3) is 0 Å². The number of anilines is 1. The molecule has 0 aliphatic carbocycles. The zero-order valence-corrected chi connectivity index (χ0v) is 19.4. The lowest BCUT2D eigenvalue weighted by Gasteiger charge is -2.23. The van der Waals surface area contributed by atoms with Gasteiger partial charge in [0.1, 0.15) is 22.3 Å². The monoisotopic (exact) mass is 489 g/mol. The quantitative estimate of drug-likeness (QED) is 0.588. The van der Waals surface area contributed by atoms with E-state index in [4.69, 9.17) is 0 Å². The van der Waals surface area contributed by atoms with Gasteiger partial charge in [-0.15, -0.1) is 0 Å². The first-order valence-corrected chi connectivity index (χ1v) is 13.1. The Labute approximate surface area is 197 Å². The molecule has 5 rings (SSSR count). The molecular formula is C25H26F3N3O2S. The number of hydrogen-bond acceptors (Lipinski definition) is 5. The van der Waals surface area contributed by atoms with E-state index in [9.17, 15) is 21.6 Å². The zero-order chi connectivity index (χ0) is 23.9. The van der Waals surface area contributed by atoms with Crippen molar-refractivity contribution in [2.75, 3.05) is 17.6 Å². The van der Waals surface area contributed by atoms with Crippen molar-refractivity contribution < 1.29 is 21.6 Å². The lowest BCUT2D eigenvalue weighted by molar-refractivity contribution is 0.243. The molecule has 3 aliphatic heterocycles. The van der Waals surface area contributed by atoms with Crippen molar-refractivity contribution in [1.29, 1.82) is 0 Å². The van der Waals surface area contributed by atoms with E-state index in [2.05, 4.69) is 15.2 Å². The van der Waals surface area contributed by atoms with Crippen LogP contribution in [0.5, 0.6) is 0 Å². The Morgan fingerprint density at radius 1 is 1.00 bits per heavy atom. The van der Waals surface area contributed by atoms with Gasteiger partial charge in [0.25, 0.3) is 0 Å². The molecule has 0 saturated carbocycles. The molecule has 2 aromatic rings. The Hall–Kier alpha value is -2.65. The average Bonchev–Trinajstić information content (AvgIpc) is 3.51. The van der Waals surface area contributed by atoms with E-state index in [1.165, 1.54) is 37.8 Å². The molecule has 2 bridgehead atoms. The number of aliphatic imine (C=N–C) groups is 1. The summed E-state index contributed by atoms with van der Waals surface area (Å²) in [6.45, 7) is 1.02. The summed E-state index contributed by atoms with van der Waals surface area (Å²) in [6.07, 6.45) is 7.89. The van der Waals surface area contributed by atoms with Gasteiger partial charge < -0.3 is 5.32 Å². The van der Waals surface area contributed by atoms with Gasteiger partial charge >= 0.3 is 0 Å². The lowest BCUT2D eigenvalue weighted by Crippen LogP contribution is -2.28. The molecular weight excluding hydrogens is 463 g/mol. The van der Waals surface area contributed by atoms with Crippen molar-refractivity contribution in [3.8, 4) is 0 Å². The second-order valence-electron chi connectivity index (χ2n) is 9.13. The van der Waals surface area contributed by atoms with Gasteiger partial charge in [-0.25, -0.2) is 21.6 Å². The Morgan fingerprint density at radius 3 is 2.29 bits per heavy atom. The van der Waals surface area contributed by atoms with E-state index >= 15 is 0 Å². The van der Waals surface area contributed by atoms with Gasteiger partial charge in [0.15, 0.2) is 9.84 Å². The first-order chi connectivity index (χ1) is 16.3. The molecule has 0 atom stereocenters. The van der Waals surface area contributed by atoms with E-state index in [1.54, 1.807) is 12.1 Å². The van der Waals surface area contributed by atoms with E-state index in [0.717, 1.165) is 17.7 Å². The summed E-state index contributed by atoms with van der Waals surface area (Å²) < 4.78 is 69.3. The molecule has 2 fully saturated rings. The predicted octanol–water partition coefficient (Wildman–Crippen LogP) is 4.63. The molecule has 2 saturated heterocycles. The smallest absolute Gasteiger partial charge is 0.189 e. The SMILES string of the molecule is O=S(=O)(CC1=NCC=C1)c1c(F)cc(NCc2c(F)cccc2CN2C3CCC2CC3)cc1F. The van der Waals surface area contributed by atoms with Crippen LogP contribution in [-0.4, -0.2) is 43.4 Å². The maximum atomic E-state index is 14.7. The number of nitrogens with one attached hydrogen (secondary N) is 1. The highest BCUT2D eigenvalue weighted by atomic mass is 32.2. The van der Waals surface area contributed by atoms with Crippen LogP contribution in [0.4, 0.5) is 18.9 Å². The third-order valence-electron chi connectivity index (χ3n) is 7.00. The molecule has 180 valence electrons. The maximum Gasteiger partial charge on any atom is 0.189 e. The minimum Gasteiger partial charge on any atom is -0.381 e. The van der Waals surface area contributed by atoms with Gasteiger partial charge in [0, 0.05) is 36.4 Å². The number of hydrogen-bond donors (Lipinski definition) is 1. The predicted molar refractivity (Wildman–Crippen MR) is 125 cm³/mol. The number of rotatable bonds is 8. The number of fused-ring (bicyclic) bond motifs is 2. The number of benzene rings is 2. The standard InChI is InChI=1S/C25H26F3N3O2S/c26-22-5-1-3-16(14-31-19-6-7-20(31)9-8-19)21(22)13-30-18-11-23(27)25(24(28)12-18)34(32,33)15-17-4-2-10-29-17/h1-5,11-12,19-20,30H,6-10,13-15H2. The Bertz CT molecular complexity index is 1230. The van der Waals surface area contributed by atoms with Crippen LogP contribution >= 0.6 is 0 Å². The largest absolute Gasteiger partial charge is 0.381 e. The van der Waals surface area contributed by atoms with E-state index in [1.807, 2.05) is 6.07 Å². The van der Waals surface area contributed by atoms with Crippen molar-refractivity contribution in [3.05, 3.63) is 71.1 Å². The van der Waals surface area contributed by atoms with Gasteiger partial charge in [-0.05, 0) is 55.5 Å². The van der Waals surface area contributed by atoms with Crippen LogP contribution in [0.15, 0.2) is 52.4 Å². The minimum absolute atomic E-state index is 0.0256. The first-order valence-electron chi connectivity index (χ1n) is 11.5. The van der Waals surface area contributed by atoms with Crippen molar-refractivity contribution >= 4 is 21.2 Å². The second kappa shape index (κ2) is 9.19. The van der Waals surface area contributed by atoms with Crippen molar-refractivity contribution in [2.45, 2.75) is 55.8 Å². The Balaban J connectivity index is 1.33. The summed E-state index contributed by atoms with van der Waals surface area (Å²) in [7, 11) is -4.25. The highest BCUT2D eigenvalue weighted by Crippen LogP contribution is 2.39. The van der Waals surface area contributed by atoms with Crippen LogP contribution < -0.4 is 5.32 Å². The molecule has 5 nitrogen and oxygen atoms in total. The van der Waals surface area contributed by atoms with Crippen LogP contribution in [0.2, 0.25) is 0 Å². The fourth-order valence-corrected chi connectivity index (χ4v) is 6.78. The normalized spacial score (nSPS) is 21.9. The molecule has 0 unspecified atom stereocenters. The molecule has 0 spiro atoms. The second-order valence-corrected chi connectivity index (χ2v) is 11.1. The van der Waals surface area contributed by atoms with Crippen LogP contribution in [0, 0.1) is 17.5 Å². The van der Waals surface area contributed by atoms with Crippen LogP contribution in [0.3, 0.4) is 0 Å². The molecule has 1 N–H and O–H groups in total. The van der Waals surface area contributed by atoms with Gasteiger partial charge in [-0.1, -0.05) is 18.2 Å². The molecule has 2 aromatic carbocycles.